The van der Waals surface area contributed by atoms with E-state index in [4.69, 9.17) is 9.84 Å². The molecule has 0 radical (unpaired) electrons. The molecule has 3 rings (SSSR count). The Balaban J connectivity index is 1.47. The normalized spacial score (nSPS) is 19.6. The van der Waals surface area contributed by atoms with Gasteiger partial charge in [0, 0.05) is 25.6 Å². The van der Waals surface area contributed by atoms with Gasteiger partial charge in [-0.2, -0.15) is 0 Å². The van der Waals surface area contributed by atoms with Crippen LogP contribution in [-0.2, 0) is 17.9 Å². The second-order valence-corrected chi connectivity index (χ2v) is 6.29. The number of hydrogen-bond acceptors (Lipinski definition) is 3. The summed E-state index contributed by atoms with van der Waals surface area (Å²) < 4.78 is 5.84. The Hall–Kier alpha value is -2.37. The number of aliphatic hydroxyl groups is 1. The van der Waals surface area contributed by atoms with Gasteiger partial charge in [0.15, 0.2) is 0 Å². The Bertz CT molecular complexity index is 690. The maximum atomic E-state index is 12.1. The molecule has 5 heteroatoms. The van der Waals surface area contributed by atoms with Gasteiger partial charge in [-0.25, -0.2) is 4.79 Å². The third-order valence-electron chi connectivity index (χ3n) is 4.49. The Morgan fingerprint density at radius 3 is 2.68 bits per heavy atom. The molecular formula is C20H24N2O3. The Morgan fingerprint density at radius 1 is 1.08 bits per heavy atom. The molecule has 0 aromatic heterocycles. The largest absolute Gasteiger partial charge is 0.392 e. The summed E-state index contributed by atoms with van der Waals surface area (Å²) in [5.41, 5.74) is 2.97. The molecule has 1 aliphatic heterocycles. The van der Waals surface area contributed by atoms with E-state index in [1.165, 1.54) is 0 Å². The quantitative estimate of drug-likeness (QED) is 0.757. The summed E-state index contributed by atoms with van der Waals surface area (Å²) in [6.07, 6.45) is 0.987. The molecule has 0 saturated carbocycles. The van der Waals surface area contributed by atoms with Gasteiger partial charge in [-0.15, -0.1) is 0 Å². The van der Waals surface area contributed by atoms with Gasteiger partial charge in [-0.05, 0) is 23.1 Å². The molecule has 1 saturated heterocycles. The molecule has 3 N–H and O–H groups in total. The first-order chi connectivity index (χ1) is 12.3. The molecule has 2 aromatic rings. The van der Waals surface area contributed by atoms with Crippen molar-refractivity contribution in [3.63, 3.8) is 0 Å². The number of nitrogens with one attached hydrogen (secondary N) is 2. The maximum absolute atomic E-state index is 12.1. The molecule has 0 bridgehead atoms. The van der Waals surface area contributed by atoms with Crippen LogP contribution in [0.15, 0.2) is 54.6 Å². The van der Waals surface area contributed by atoms with Crippen molar-refractivity contribution in [3.05, 3.63) is 71.3 Å². The Labute approximate surface area is 148 Å². The van der Waals surface area contributed by atoms with Gasteiger partial charge in [0.05, 0.1) is 12.7 Å². The van der Waals surface area contributed by atoms with Gasteiger partial charge in [-0.1, -0.05) is 54.6 Å². The molecule has 2 amide bonds. The first-order valence-electron chi connectivity index (χ1n) is 8.63. The number of carbonyl (C=O) groups is 1. The minimum atomic E-state index is -0.187. The van der Waals surface area contributed by atoms with Crippen LogP contribution >= 0.6 is 0 Å². The SMILES string of the molecule is O=C(NCc1cccc(CO)c1)NC[C@H]1CCO[C@H]1c1ccccc1. The number of hydrogen-bond donors (Lipinski definition) is 3. The lowest BCUT2D eigenvalue weighted by atomic mass is 9.95. The standard InChI is InChI=1S/C20H24N2O3/c23-14-16-6-4-5-15(11-16)12-21-20(24)22-13-18-9-10-25-19(18)17-7-2-1-3-8-17/h1-8,11,18-19,23H,9-10,12-14H2,(H2,21,22,24)/t18-,19+/m1/s1. The minimum absolute atomic E-state index is 0.00257. The summed E-state index contributed by atoms with van der Waals surface area (Å²) >= 11 is 0. The van der Waals surface area contributed by atoms with Crippen molar-refractivity contribution in [1.82, 2.24) is 10.6 Å². The summed E-state index contributed by atoms with van der Waals surface area (Å²) in [6, 6.07) is 17.5. The number of rotatable bonds is 6. The van der Waals surface area contributed by atoms with Gasteiger partial charge in [0.2, 0.25) is 0 Å². The lowest BCUT2D eigenvalue weighted by molar-refractivity contribution is 0.0910. The summed E-state index contributed by atoms with van der Waals surface area (Å²) in [7, 11) is 0. The molecule has 1 aliphatic rings. The molecule has 0 aliphatic carbocycles. The van der Waals surface area contributed by atoms with Crippen LogP contribution in [0.4, 0.5) is 4.79 Å². The molecule has 132 valence electrons. The van der Waals surface area contributed by atoms with E-state index in [0.29, 0.717) is 13.1 Å². The van der Waals surface area contributed by atoms with E-state index < -0.39 is 0 Å². The van der Waals surface area contributed by atoms with Gasteiger partial charge in [0.25, 0.3) is 0 Å². The number of ether oxygens (including phenoxy) is 1. The molecule has 1 heterocycles. The van der Waals surface area contributed by atoms with E-state index in [-0.39, 0.29) is 24.7 Å². The smallest absolute Gasteiger partial charge is 0.315 e. The zero-order valence-electron chi connectivity index (χ0n) is 14.2. The van der Waals surface area contributed by atoms with Crippen molar-refractivity contribution in [2.75, 3.05) is 13.2 Å². The summed E-state index contributed by atoms with van der Waals surface area (Å²) in [6.45, 7) is 1.75. The topological polar surface area (TPSA) is 70.6 Å². The Morgan fingerprint density at radius 2 is 1.88 bits per heavy atom. The Kier molecular flexibility index (Phi) is 6.04. The van der Waals surface area contributed by atoms with Gasteiger partial charge < -0.3 is 20.5 Å². The second-order valence-electron chi connectivity index (χ2n) is 6.29. The number of benzene rings is 2. The summed E-state index contributed by atoms with van der Waals surface area (Å²) in [5, 5.41) is 15.0. The number of aliphatic hydroxyl groups excluding tert-OH is 1. The molecule has 5 nitrogen and oxygen atoms in total. The first-order valence-corrected chi connectivity index (χ1v) is 8.63. The van der Waals surface area contributed by atoms with Gasteiger partial charge >= 0.3 is 6.03 Å². The van der Waals surface area contributed by atoms with Crippen LogP contribution in [0.25, 0.3) is 0 Å². The first kappa shape index (κ1) is 17.5. The molecule has 0 spiro atoms. The number of urea groups is 1. The predicted molar refractivity (Wildman–Crippen MR) is 95.8 cm³/mol. The second kappa shape index (κ2) is 8.65. The van der Waals surface area contributed by atoms with Crippen LogP contribution in [0, 0.1) is 5.92 Å². The van der Waals surface area contributed by atoms with E-state index in [1.54, 1.807) is 0 Å². The van der Waals surface area contributed by atoms with Crippen LogP contribution < -0.4 is 10.6 Å². The molecular weight excluding hydrogens is 316 g/mol. The van der Waals surface area contributed by atoms with E-state index in [1.807, 2.05) is 42.5 Å². The highest BCUT2D eigenvalue weighted by molar-refractivity contribution is 5.73. The maximum Gasteiger partial charge on any atom is 0.315 e. The van der Waals surface area contributed by atoms with Crippen LogP contribution in [0.3, 0.4) is 0 Å². The van der Waals surface area contributed by atoms with E-state index in [9.17, 15) is 4.79 Å². The molecule has 2 atom stereocenters. The van der Waals surface area contributed by atoms with Crippen molar-refractivity contribution in [1.29, 1.82) is 0 Å². The summed E-state index contributed by atoms with van der Waals surface area (Å²) in [5.74, 6) is 0.283. The molecule has 0 unspecified atom stereocenters. The fourth-order valence-electron chi connectivity index (χ4n) is 3.16. The molecule has 1 fully saturated rings. The molecule has 2 aromatic carbocycles. The van der Waals surface area contributed by atoms with Crippen molar-refractivity contribution in [2.24, 2.45) is 5.92 Å². The van der Waals surface area contributed by atoms with Crippen LogP contribution in [-0.4, -0.2) is 24.3 Å². The highest BCUT2D eigenvalue weighted by atomic mass is 16.5. The van der Waals surface area contributed by atoms with Crippen LogP contribution in [0.2, 0.25) is 0 Å². The predicted octanol–water partition coefficient (Wildman–Crippen LogP) is 2.76. The highest BCUT2D eigenvalue weighted by Gasteiger charge is 2.29. The van der Waals surface area contributed by atoms with Crippen molar-refractivity contribution >= 4 is 6.03 Å². The monoisotopic (exact) mass is 340 g/mol. The number of amides is 2. The molecule has 25 heavy (non-hydrogen) atoms. The zero-order valence-corrected chi connectivity index (χ0v) is 14.2. The van der Waals surface area contributed by atoms with E-state index >= 15 is 0 Å². The third-order valence-corrected chi connectivity index (χ3v) is 4.49. The van der Waals surface area contributed by atoms with Crippen molar-refractivity contribution in [3.8, 4) is 0 Å². The van der Waals surface area contributed by atoms with Crippen LogP contribution in [0.5, 0.6) is 0 Å². The average molecular weight is 340 g/mol. The fraction of sp³-hybridized carbons (Fsp3) is 0.350. The average Bonchev–Trinajstić information content (AvgIpc) is 3.14. The lowest BCUT2D eigenvalue weighted by Gasteiger charge is -2.19. The fourth-order valence-corrected chi connectivity index (χ4v) is 3.16. The highest BCUT2D eigenvalue weighted by Crippen LogP contribution is 2.33. The lowest BCUT2D eigenvalue weighted by Crippen LogP contribution is -2.38. The van der Waals surface area contributed by atoms with Gasteiger partial charge in [-0.3, -0.25) is 0 Å². The third kappa shape index (κ3) is 4.81. The minimum Gasteiger partial charge on any atom is -0.392 e. The summed E-state index contributed by atoms with van der Waals surface area (Å²) in [4.78, 5) is 12.1. The van der Waals surface area contributed by atoms with E-state index in [0.717, 1.165) is 29.7 Å². The zero-order chi connectivity index (χ0) is 17.5. The van der Waals surface area contributed by atoms with Crippen molar-refractivity contribution in [2.45, 2.75) is 25.7 Å². The van der Waals surface area contributed by atoms with Crippen molar-refractivity contribution < 1.29 is 14.6 Å². The van der Waals surface area contributed by atoms with E-state index in [2.05, 4.69) is 22.8 Å². The van der Waals surface area contributed by atoms with Gasteiger partial charge in [0.1, 0.15) is 0 Å². The number of carbonyl (C=O) groups excluding carboxylic acids is 1. The van der Waals surface area contributed by atoms with Crippen LogP contribution in [0.1, 0.15) is 29.2 Å².